The molecule has 0 aromatic heterocycles. The van der Waals surface area contributed by atoms with Crippen molar-refractivity contribution >= 4 is 17.3 Å². The highest BCUT2D eigenvalue weighted by molar-refractivity contribution is 6.31. The SMILES string of the molecule is CCC1CCCN(c2ccc(CNC)c(Cl)c2)C1. The van der Waals surface area contributed by atoms with Gasteiger partial charge in [-0.25, -0.2) is 0 Å². The van der Waals surface area contributed by atoms with E-state index in [2.05, 4.69) is 35.3 Å². The second kappa shape index (κ2) is 6.44. The number of benzene rings is 1. The summed E-state index contributed by atoms with van der Waals surface area (Å²) < 4.78 is 0. The third-order valence-electron chi connectivity index (χ3n) is 3.87. The summed E-state index contributed by atoms with van der Waals surface area (Å²) in [5.41, 5.74) is 2.45. The van der Waals surface area contributed by atoms with Gasteiger partial charge in [0.05, 0.1) is 0 Å². The van der Waals surface area contributed by atoms with E-state index in [-0.39, 0.29) is 0 Å². The molecule has 1 aliphatic rings. The van der Waals surface area contributed by atoms with Crippen molar-refractivity contribution in [1.82, 2.24) is 5.32 Å². The second-order valence-corrected chi connectivity index (χ2v) is 5.58. The molecule has 1 atom stereocenters. The molecule has 1 aromatic rings. The molecule has 0 spiro atoms. The van der Waals surface area contributed by atoms with Crippen LogP contribution in [-0.2, 0) is 6.54 Å². The molecule has 1 N–H and O–H groups in total. The van der Waals surface area contributed by atoms with Gasteiger partial charge >= 0.3 is 0 Å². The summed E-state index contributed by atoms with van der Waals surface area (Å²) in [5, 5.41) is 4.02. The normalized spacial score (nSPS) is 20.2. The van der Waals surface area contributed by atoms with E-state index in [9.17, 15) is 0 Å². The zero-order valence-electron chi connectivity index (χ0n) is 11.4. The van der Waals surface area contributed by atoms with E-state index >= 15 is 0 Å². The van der Waals surface area contributed by atoms with Crippen LogP contribution in [0, 0.1) is 5.92 Å². The van der Waals surface area contributed by atoms with E-state index in [0.29, 0.717) is 0 Å². The molecule has 1 aromatic carbocycles. The minimum absolute atomic E-state index is 0.830. The second-order valence-electron chi connectivity index (χ2n) is 5.17. The van der Waals surface area contributed by atoms with Crippen molar-refractivity contribution in [3.05, 3.63) is 28.8 Å². The van der Waals surface area contributed by atoms with Crippen molar-refractivity contribution in [3.63, 3.8) is 0 Å². The average molecular weight is 267 g/mol. The lowest BCUT2D eigenvalue weighted by molar-refractivity contribution is 0.405. The minimum atomic E-state index is 0.830. The van der Waals surface area contributed by atoms with Crippen LogP contribution in [-0.4, -0.2) is 20.1 Å². The fourth-order valence-electron chi connectivity index (χ4n) is 2.70. The number of piperidine rings is 1. The van der Waals surface area contributed by atoms with Gasteiger partial charge in [0.2, 0.25) is 0 Å². The molecule has 3 heteroatoms. The van der Waals surface area contributed by atoms with E-state index in [1.165, 1.54) is 37.1 Å². The number of nitrogens with zero attached hydrogens (tertiary/aromatic N) is 1. The number of hydrogen-bond acceptors (Lipinski definition) is 2. The summed E-state index contributed by atoms with van der Waals surface area (Å²) in [6.07, 6.45) is 3.95. The Labute approximate surface area is 115 Å². The van der Waals surface area contributed by atoms with Gasteiger partial charge in [0.1, 0.15) is 0 Å². The number of hydrogen-bond donors (Lipinski definition) is 1. The number of halogens is 1. The molecular formula is C15H23ClN2. The third-order valence-corrected chi connectivity index (χ3v) is 4.22. The first-order valence-electron chi connectivity index (χ1n) is 6.92. The zero-order chi connectivity index (χ0) is 13.0. The highest BCUT2D eigenvalue weighted by Gasteiger charge is 2.19. The summed E-state index contributed by atoms with van der Waals surface area (Å²) in [6, 6.07) is 6.46. The number of rotatable bonds is 4. The Morgan fingerprint density at radius 3 is 2.94 bits per heavy atom. The van der Waals surface area contributed by atoms with E-state index < -0.39 is 0 Å². The fourth-order valence-corrected chi connectivity index (χ4v) is 2.94. The molecule has 2 nitrogen and oxygen atoms in total. The van der Waals surface area contributed by atoms with Crippen molar-refractivity contribution in [2.75, 3.05) is 25.0 Å². The zero-order valence-corrected chi connectivity index (χ0v) is 12.1. The Hall–Kier alpha value is -0.730. The molecule has 0 amide bonds. The van der Waals surface area contributed by atoms with Crippen LogP contribution in [0.15, 0.2) is 18.2 Å². The maximum Gasteiger partial charge on any atom is 0.0471 e. The monoisotopic (exact) mass is 266 g/mol. The van der Waals surface area contributed by atoms with Gasteiger partial charge in [-0.1, -0.05) is 31.0 Å². The highest BCUT2D eigenvalue weighted by Crippen LogP contribution is 2.28. The summed E-state index contributed by atoms with van der Waals surface area (Å²) in [6.45, 7) is 5.46. The Balaban J connectivity index is 2.10. The maximum absolute atomic E-state index is 6.33. The molecule has 0 aliphatic carbocycles. The van der Waals surface area contributed by atoms with Gasteiger partial charge in [0.15, 0.2) is 0 Å². The van der Waals surface area contributed by atoms with Gasteiger partial charge in [-0.3, -0.25) is 0 Å². The molecule has 0 bridgehead atoms. The van der Waals surface area contributed by atoms with E-state index in [1.54, 1.807) is 0 Å². The molecular weight excluding hydrogens is 244 g/mol. The molecule has 1 heterocycles. The van der Waals surface area contributed by atoms with Gasteiger partial charge in [0.25, 0.3) is 0 Å². The predicted octanol–water partition coefficient (Wildman–Crippen LogP) is 3.69. The van der Waals surface area contributed by atoms with Crippen LogP contribution in [0.5, 0.6) is 0 Å². The maximum atomic E-state index is 6.33. The van der Waals surface area contributed by atoms with Crippen LogP contribution in [0.4, 0.5) is 5.69 Å². The lowest BCUT2D eigenvalue weighted by atomic mass is 9.95. The van der Waals surface area contributed by atoms with E-state index in [0.717, 1.165) is 24.0 Å². The fraction of sp³-hybridized carbons (Fsp3) is 0.600. The van der Waals surface area contributed by atoms with Crippen LogP contribution in [0.25, 0.3) is 0 Å². The summed E-state index contributed by atoms with van der Waals surface area (Å²) in [5.74, 6) is 0.842. The first-order chi connectivity index (χ1) is 8.74. The molecule has 100 valence electrons. The number of anilines is 1. The lowest BCUT2D eigenvalue weighted by Gasteiger charge is -2.34. The van der Waals surface area contributed by atoms with Crippen molar-refractivity contribution in [1.29, 1.82) is 0 Å². The van der Waals surface area contributed by atoms with Crippen LogP contribution in [0.1, 0.15) is 31.7 Å². The van der Waals surface area contributed by atoms with Gasteiger partial charge in [-0.15, -0.1) is 0 Å². The van der Waals surface area contributed by atoms with E-state index in [1.807, 2.05) is 7.05 Å². The van der Waals surface area contributed by atoms with Gasteiger partial charge < -0.3 is 10.2 Å². The van der Waals surface area contributed by atoms with Crippen LogP contribution in [0.3, 0.4) is 0 Å². The van der Waals surface area contributed by atoms with Gasteiger partial charge in [-0.2, -0.15) is 0 Å². The van der Waals surface area contributed by atoms with Gasteiger partial charge in [0, 0.05) is 30.3 Å². The molecule has 1 unspecified atom stereocenters. The lowest BCUT2D eigenvalue weighted by Crippen LogP contribution is -2.35. The van der Waals surface area contributed by atoms with Crippen molar-refractivity contribution in [3.8, 4) is 0 Å². The van der Waals surface area contributed by atoms with Crippen molar-refractivity contribution in [2.45, 2.75) is 32.7 Å². The highest BCUT2D eigenvalue weighted by atomic mass is 35.5. The Bertz CT molecular complexity index is 392. The standard InChI is InChI=1S/C15H23ClN2/c1-3-12-5-4-8-18(11-12)14-7-6-13(10-17-2)15(16)9-14/h6-7,9,12,17H,3-5,8,10-11H2,1-2H3. The first-order valence-corrected chi connectivity index (χ1v) is 7.30. The Morgan fingerprint density at radius 2 is 2.28 bits per heavy atom. The molecule has 1 aliphatic heterocycles. The first kappa shape index (κ1) is 13.7. The quantitative estimate of drug-likeness (QED) is 0.894. The van der Waals surface area contributed by atoms with Crippen molar-refractivity contribution < 1.29 is 0 Å². The molecule has 18 heavy (non-hydrogen) atoms. The minimum Gasteiger partial charge on any atom is -0.371 e. The Kier molecular flexibility index (Phi) is 4.90. The molecule has 1 fully saturated rings. The molecule has 1 saturated heterocycles. The predicted molar refractivity (Wildman–Crippen MR) is 79.4 cm³/mol. The summed E-state index contributed by atoms with van der Waals surface area (Å²) in [4.78, 5) is 2.48. The largest absolute Gasteiger partial charge is 0.371 e. The average Bonchev–Trinajstić information content (AvgIpc) is 2.41. The van der Waals surface area contributed by atoms with Gasteiger partial charge in [-0.05, 0) is 43.5 Å². The van der Waals surface area contributed by atoms with Crippen LogP contribution >= 0.6 is 11.6 Å². The summed E-state index contributed by atoms with van der Waals surface area (Å²) in [7, 11) is 1.95. The molecule has 0 radical (unpaired) electrons. The summed E-state index contributed by atoms with van der Waals surface area (Å²) >= 11 is 6.33. The van der Waals surface area contributed by atoms with Crippen molar-refractivity contribution in [2.24, 2.45) is 5.92 Å². The molecule has 2 rings (SSSR count). The topological polar surface area (TPSA) is 15.3 Å². The smallest absolute Gasteiger partial charge is 0.0471 e. The third kappa shape index (κ3) is 3.18. The number of nitrogens with one attached hydrogen (secondary N) is 1. The van der Waals surface area contributed by atoms with Crippen LogP contribution in [0.2, 0.25) is 5.02 Å². The van der Waals surface area contributed by atoms with E-state index in [4.69, 9.17) is 11.6 Å². The molecule has 0 saturated carbocycles. The Morgan fingerprint density at radius 1 is 1.44 bits per heavy atom. The van der Waals surface area contributed by atoms with Crippen LogP contribution < -0.4 is 10.2 Å².